The maximum Gasteiger partial charge on any atom is 0.350 e. The van der Waals surface area contributed by atoms with E-state index in [0.717, 1.165) is 4.57 Å². The number of nitrogen functional groups attached to an aromatic ring is 1. The Morgan fingerprint density at radius 3 is 2.24 bits per heavy atom. The van der Waals surface area contributed by atoms with Crippen LogP contribution in [0.2, 0.25) is 0 Å². The van der Waals surface area contributed by atoms with Crippen LogP contribution in [0.1, 0.15) is 25.3 Å². The molecule has 1 aliphatic heterocycles. The molecule has 1 atom stereocenters. The second-order valence-corrected chi connectivity index (χ2v) is 6.57. The summed E-state index contributed by atoms with van der Waals surface area (Å²) in [7, 11) is 0. The van der Waals surface area contributed by atoms with E-state index in [1.807, 2.05) is 0 Å². The van der Waals surface area contributed by atoms with Gasteiger partial charge in [-0.2, -0.15) is 4.68 Å². The van der Waals surface area contributed by atoms with E-state index in [2.05, 4.69) is 0 Å². The van der Waals surface area contributed by atoms with Crippen molar-refractivity contribution in [2.24, 2.45) is 5.73 Å². The summed E-state index contributed by atoms with van der Waals surface area (Å²) >= 11 is 0. The molecule has 1 saturated heterocycles. The average molecular weight is 355 g/mol. The van der Waals surface area contributed by atoms with E-state index in [0.29, 0.717) is 19.3 Å². The molecule has 1 aromatic heterocycles. The zero-order chi connectivity index (χ0) is 18.0. The summed E-state index contributed by atoms with van der Waals surface area (Å²) < 4.78 is 45.5. The molecule has 7 nitrogen and oxygen atoms in total. The summed E-state index contributed by atoms with van der Waals surface area (Å²) in [5, 5.41) is -0.851. The van der Waals surface area contributed by atoms with Crippen LogP contribution in [-0.2, 0) is 0 Å². The topological polar surface area (TPSA) is 99.3 Å². The molecule has 134 valence electrons. The smallest absolute Gasteiger partial charge is 0.350 e. The SMILES string of the molecule is N[C@H]1CCN(c2c(F)c(F)c3c(=O)n(N)c(=O)n(C4CC4)c3c2F)C1. The van der Waals surface area contributed by atoms with Crippen molar-refractivity contribution in [2.45, 2.75) is 31.3 Å². The lowest BCUT2D eigenvalue weighted by atomic mass is 10.1. The van der Waals surface area contributed by atoms with Gasteiger partial charge in [-0.05, 0) is 19.3 Å². The Morgan fingerprint density at radius 2 is 1.68 bits per heavy atom. The van der Waals surface area contributed by atoms with Crippen molar-refractivity contribution in [1.29, 1.82) is 0 Å². The quantitative estimate of drug-likeness (QED) is 0.591. The highest BCUT2D eigenvalue weighted by molar-refractivity contribution is 5.84. The fourth-order valence-electron chi connectivity index (χ4n) is 3.42. The van der Waals surface area contributed by atoms with Crippen molar-refractivity contribution in [3.8, 4) is 0 Å². The highest BCUT2D eigenvalue weighted by Gasteiger charge is 2.35. The summed E-state index contributed by atoms with van der Waals surface area (Å²) in [6.07, 6.45) is 1.63. The third-order valence-electron chi connectivity index (χ3n) is 4.81. The highest BCUT2D eigenvalue weighted by atomic mass is 19.2. The second kappa shape index (κ2) is 5.25. The van der Waals surface area contributed by atoms with Gasteiger partial charge in [0.25, 0.3) is 5.56 Å². The van der Waals surface area contributed by atoms with Crippen LogP contribution in [0.5, 0.6) is 0 Å². The Balaban J connectivity index is 2.14. The minimum Gasteiger partial charge on any atom is -0.365 e. The molecule has 2 fully saturated rings. The summed E-state index contributed by atoms with van der Waals surface area (Å²) in [6.45, 7) is 0.405. The molecule has 2 aromatic rings. The number of rotatable bonds is 2. The monoisotopic (exact) mass is 355 g/mol. The van der Waals surface area contributed by atoms with Gasteiger partial charge >= 0.3 is 5.69 Å². The number of nitrogens with two attached hydrogens (primary N) is 2. The van der Waals surface area contributed by atoms with E-state index in [1.165, 1.54) is 4.90 Å². The van der Waals surface area contributed by atoms with Crippen molar-refractivity contribution in [1.82, 2.24) is 9.24 Å². The zero-order valence-corrected chi connectivity index (χ0v) is 13.1. The van der Waals surface area contributed by atoms with Crippen molar-refractivity contribution < 1.29 is 13.2 Å². The number of nitrogens with zero attached hydrogens (tertiary/aromatic N) is 3. The average Bonchev–Trinajstić information content (AvgIpc) is 3.32. The van der Waals surface area contributed by atoms with Crippen LogP contribution in [0.3, 0.4) is 0 Å². The normalized spacial score (nSPS) is 20.6. The van der Waals surface area contributed by atoms with Crippen LogP contribution < -0.4 is 27.7 Å². The van der Waals surface area contributed by atoms with Crippen LogP contribution in [-0.4, -0.2) is 28.4 Å². The maximum absolute atomic E-state index is 15.2. The van der Waals surface area contributed by atoms with Gasteiger partial charge in [0.05, 0.1) is 5.52 Å². The predicted octanol–water partition coefficient (Wildman–Crippen LogP) is 0.167. The molecule has 0 spiro atoms. The lowest BCUT2D eigenvalue weighted by molar-refractivity contribution is 0.498. The number of fused-ring (bicyclic) bond motifs is 1. The molecule has 0 bridgehead atoms. The largest absolute Gasteiger partial charge is 0.365 e. The van der Waals surface area contributed by atoms with E-state index in [-0.39, 0.29) is 23.8 Å². The molecule has 0 amide bonds. The molecule has 0 radical (unpaired) electrons. The van der Waals surface area contributed by atoms with Crippen LogP contribution in [0, 0.1) is 17.5 Å². The predicted molar refractivity (Wildman–Crippen MR) is 85.6 cm³/mol. The molecule has 4 N–H and O–H groups in total. The third-order valence-corrected chi connectivity index (χ3v) is 4.81. The Bertz CT molecular complexity index is 1010. The minimum absolute atomic E-state index is 0.153. The van der Waals surface area contributed by atoms with E-state index in [9.17, 15) is 18.4 Å². The van der Waals surface area contributed by atoms with E-state index in [4.69, 9.17) is 11.6 Å². The van der Waals surface area contributed by atoms with Crippen molar-refractivity contribution in [2.75, 3.05) is 23.8 Å². The van der Waals surface area contributed by atoms with Crippen LogP contribution in [0.15, 0.2) is 9.59 Å². The zero-order valence-electron chi connectivity index (χ0n) is 13.1. The van der Waals surface area contributed by atoms with Gasteiger partial charge in [-0.25, -0.2) is 18.0 Å². The fraction of sp³-hybridized carbons (Fsp3) is 0.467. The van der Waals surface area contributed by atoms with Gasteiger partial charge < -0.3 is 16.5 Å². The van der Waals surface area contributed by atoms with Gasteiger partial charge in [0.1, 0.15) is 11.1 Å². The number of hydrogen-bond acceptors (Lipinski definition) is 5. The van der Waals surface area contributed by atoms with Gasteiger partial charge in [-0.15, -0.1) is 0 Å². The van der Waals surface area contributed by atoms with Gasteiger partial charge in [-0.3, -0.25) is 9.36 Å². The lowest BCUT2D eigenvalue weighted by Gasteiger charge is -2.22. The first kappa shape index (κ1) is 16.0. The molecule has 4 rings (SSSR count). The third kappa shape index (κ3) is 2.16. The fourth-order valence-corrected chi connectivity index (χ4v) is 3.42. The second-order valence-electron chi connectivity index (χ2n) is 6.57. The number of anilines is 1. The number of hydrogen-bond donors (Lipinski definition) is 2. The maximum atomic E-state index is 15.2. The minimum atomic E-state index is -1.51. The molecule has 1 aliphatic carbocycles. The summed E-state index contributed by atoms with van der Waals surface area (Å²) in [5.74, 6) is 1.28. The first-order chi connectivity index (χ1) is 11.8. The molecule has 0 unspecified atom stereocenters. The lowest BCUT2D eigenvalue weighted by Crippen LogP contribution is -2.45. The van der Waals surface area contributed by atoms with Crippen molar-refractivity contribution in [3.63, 3.8) is 0 Å². The molecule has 25 heavy (non-hydrogen) atoms. The van der Waals surface area contributed by atoms with Crippen molar-refractivity contribution in [3.05, 3.63) is 38.3 Å². The van der Waals surface area contributed by atoms with Crippen LogP contribution in [0.4, 0.5) is 18.9 Å². The Hall–Kier alpha value is -2.49. The Kier molecular flexibility index (Phi) is 3.36. The molecular weight excluding hydrogens is 339 g/mol. The first-order valence-corrected chi connectivity index (χ1v) is 7.96. The van der Waals surface area contributed by atoms with Crippen molar-refractivity contribution >= 4 is 16.6 Å². The molecule has 2 aliphatic rings. The van der Waals surface area contributed by atoms with Gasteiger partial charge in [0.2, 0.25) is 0 Å². The van der Waals surface area contributed by atoms with Gasteiger partial charge in [0.15, 0.2) is 17.5 Å². The summed E-state index contributed by atoms with van der Waals surface area (Å²) in [4.78, 5) is 25.8. The first-order valence-electron chi connectivity index (χ1n) is 7.96. The summed E-state index contributed by atoms with van der Waals surface area (Å²) in [5.41, 5.74) is 2.42. The van der Waals surface area contributed by atoms with E-state index in [1.54, 1.807) is 0 Å². The van der Waals surface area contributed by atoms with E-state index < -0.39 is 51.3 Å². The standard InChI is InChI=1S/C15H16F3N5O2/c16-9-8-12(22(7-1-2-7)15(25)23(20)14(8)24)11(18)13(10(9)17)21-4-3-6(19)5-21/h6-7H,1-5,19-20H2/t6-/m0/s1. The number of halogens is 3. The Labute approximate surface area is 139 Å². The number of aromatic nitrogens is 2. The Morgan fingerprint density at radius 1 is 1.00 bits per heavy atom. The van der Waals surface area contributed by atoms with Gasteiger partial charge in [0, 0.05) is 25.2 Å². The van der Waals surface area contributed by atoms with E-state index >= 15 is 4.39 Å². The molecule has 2 heterocycles. The molecule has 1 saturated carbocycles. The van der Waals surface area contributed by atoms with Crippen LogP contribution in [0.25, 0.3) is 10.9 Å². The van der Waals surface area contributed by atoms with Gasteiger partial charge in [-0.1, -0.05) is 0 Å². The number of benzene rings is 1. The highest BCUT2D eigenvalue weighted by Crippen LogP contribution is 2.39. The molecule has 1 aromatic carbocycles. The van der Waals surface area contributed by atoms with Crippen LogP contribution >= 0.6 is 0 Å². The molecular formula is C15H16F3N5O2. The summed E-state index contributed by atoms with van der Waals surface area (Å²) in [6, 6.07) is -0.682. The molecule has 10 heteroatoms.